The molecule has 0 radical (unpaired) electrons. The maximum atomic E-state index is 10.7. The molecule has 0 atom stereocenters. The maximum Gasteiger partial charge on any atom is 0.273 e. The first kappa shape index (κ1) is 14.1. The van der Waals surface area contributed by atoms with Crippen LogP contribution in [0.25, 0.3) is 0 Å². The molecule has 0 spiro atoms. The number of aromatic nitrogens is 1. The zero-order valence-corrected chi connectivity index (χ0v) is 11.3. The predicted molar refractivity (Wildman–Crippen MR) is 73.5 cm³/mol. The summed E-state index contributed by atoms with van der Waals surface area (Å²) >= 11 is 5.72. The molecule has 20 heavy (non-hydrogen) atoms. The molecule has 104 valence electrons. The van der Waals surface area contributed by atoms with Gasteiger partial charge in [-0.15, -0.1) is 11.6 Å². The average molecular weight is 295 g/mol. The van der Waals surface area contributed by atoms with E-state index >= 15 is 0 Å². The third-order valence-electron chi connectivity index (χ3n) is 2.51. The maximum absolute atomic E-state index is 10.7. The third kappa shape index (κ3) is 3.16. The zero-order valence-electron chi connectivity index (χ0n) is 10.6. The van der Waals surface area contributed by atoms with Crippen LogP contribution in [0.2, 0.25) is 0 Å². The second kappa shape index (κ2) is 6.21. The van der Waals surface area contributed by atoms with E-state index in [1.165, 1.54) is 31.5 Å². The van der Waals surface area contributed by atoms with Crippen molar-refractivity contribution in [3.63, 3.8) is 0 Å². The molecule has 0 aliphatic heterocycles. The van der Waals surface area contributed by atoms with Crippen molar-refractivity contribution in [2.45, 2.75) is 5.88 Å². The second-order valence-electron chi connectivity index (χ2n) is 3.86. The van der Waals surface area contributed by atoms with Crippen LogP contribution in [0.15, 0.2) is 36.7 Å². The first-order chi connectivity index (χ1) is 9.63. The Hall–Kier alpha value is -2.34. The molecular weight excluding hydrogens is 284 g/mol. The van der Waals surface area contributed by atoms with Crippen molar-refractivity contribution in [3.05, 3.63) is 52.3 Å². The van der Waals surface area contributed by atoms with E-state index in [2.05, 4.69) is 4.98 Å². The number of nitrogens with zero attached hydrogens (tertiary/aromatic N) is 2. The lowest BCUT2D eigenvalue weighted by Gasteiger charge is -2.10. The van der Waals surface area contributed by atoms with E-state index < -0.39 is 4.92 Å². The minimum Gasteiger partial charge on any atom is -0.493 e. The van der Waals surface area contributed by atoms with Crippen molar-refractivity contribution < 1.29 is 14.4 Å². The highest BCUT2D eigenvalue weighted by Gasteiger charge is 2.13. The van der Waals surface area contributed by atoms with Crippen molar-refractivity contribution in [2.24, 2.45) is 0 Å². The van der Waals surface area contributed by atoms with Crippen LogP contribution in [0, 0.1) is 10.1 Å². The van der Waals surface area contributed by atoms with Gasteiger partial charge in [0.2, 0.25) is 0 Å². The molecule has 6 nitrogen and oxygen atoms in total. The van der Waals surface area contributed by atoms with Crippen LogP contribution in [-0.4, -0.2) is 17.0 Å². The number of nitro groups is 1. The Balaban J connectivity index is 2.30. The summed E-state index contributed by atoms with van der Waals surface area (Å²) < 4.78 is 10.7. The summed E-state index contributed by atoms with van der Waals surface area (Å²) in [6, 6.07) is 5.86. The monoisotopic (exact) mass is 294 g/mol. The number of pyridine rings is 1. The third-order valence-corrected chi connectivity index (χ3v) is 2.82. The van der Waals surface area contributed by atoms with Gasteiger partial charge < -0.3 is 9.47 Å². The highest BCUT2D eigenvalue weighted by atomic mass is 35.5. The number of rotatable bonds is 5. The number of hydrogen-bond acceptors (Lipinski definition) is 5. The number of ether oxygens (including phenoxy) is 2. The number of nitro benzene ring substituents is 1. The summed E-state index contributed by atoms with van der Waals surface area (Å²) in [5.41, 5.74) is 0.742. The number of benzene rings is 1. The van der Waals surface area contributed by atoms with Gasteiger partial charge in [0.1, 0.15) is 5.75 Å². The summed E-state index contributed by atoms with van der Waals surface area (Å²) in [7, 11) is 1.42. The fourth-order valence-corrected chi connectivity index (χ4v) is 1.72. The minimum absolute atomic E-state index is 0.0677. The molecule has 1 aromatic carbocycles. The van der Waals surface area contributed by atoms with Crippen LogP contribution in [0.1, 0.15) is 5.56 Å². The van der Waals surface area contributed by atoms with Gasteiger partial charge in [0.25, 0.3) is 5.69 Å². The van der Waals surface area contributed by atoms with E-state index in [9.17, 15) is 10.1 Å². The first-order valence-electron chi connectivity index (χ1n) is 5.64. The van der Waals surface area contributed by atoms with E-state index in [0.29, 0.717) is 17.4 Å². The average Bonchev–Trinajstić information content (AvgIpc) is 2.47. The minimum atomic E-state index is -0.498. The molecule has 0 saturated carbocycles. The van der Waals surface area contributed by atoms with Crippen molar-refractivity contribution in [3.8, 4) is 17.2 Å². The highest BCUT2D eigenvalue weighted by molar-refractivity contribution is 6.17. The van der Waals surface area contributed by atoms with Crippen LogP contribution >= 0.6 is 11.6 Å². The summed E-state index contributed by atoms with van der Waals surface area (Å²) in [6.07, 6.45) is 3.16. The first-order valence-corrected chi connectivity index (χ1v) is 6.17. The van der Waals surface area contributed by atoms with Gasteiger partial charge in [0, 0.05) is 18.1 Å². The van der Waals surface area contributed by atoms with Crippen LogP contribution in [-0.2, 0) is 5.88 Å². The topological polar surface area (TPSA) is 74.5 Å². The van der Waals surface area contributed by atoms with Crippen molar-refractivity contribution in [1.29, 1.82) is 0 Å². The number of methoxy groups -OCH3 is 1. The Morgan fingerprint density at radius 2 is 2.10 bits per heavy atom. The van der Waals surface area contributed by atoms with Gasteiger partial charge in [-0.1, -0.05) is 0 Å². The quantitative estimate of drug-likeness (QED) is 0.479. The molecule has 0 aliphatic rings. The van der Waals surface area contributed by atoms with Crippen molar-refractivity contribution in [1.82, 2.24) is 4.98 Å². The number of hydrogen-bond donors (Lipinski definition) is 0. The second-order valence-corrected chi connectivity index (χ2v) is 4.12. The highest BCUT2D eigenvalue weighted by Crippen LogP contribution is 2.34. The molecule has 1 aromatic heterocycles. The SMILES string of the molecule is COc1cc([N+](=O)[O-])ccc1Oc1cncc(CCl)c1. The van der Waals surface area contributed by atoms with Gasteiger partial charge in [-0.2, -0.15) is 0 Å². The Bertz CT molecular complexity index is 634. The van der Waals surface area contributed by atoms with Crippen LogP contribution in [0.5, 0.6) is 17.2 Å². The number of non-ortho nitro benzene ring substituents is 1. The summed E-state index contributed by atoms with van der Waals surface area (Å²) in [4.78, 5) is 14.2. The molecular formula is C13H11ClN2O4. The molecule has 0 unspecified atom stereocenters. The van der Waals surface area contributed by atoms with E-state index in [1.807, 2.05) is 0 Å². The van der Waals surface area contributed by atoms with Gasteiger partial charge in [-0.25, -0.2) is 0 Å². The van der Waals surface area contributed by atoms with Crippen LogP contribution in [0.4, 0.5) is 5.69 Å². The Morgan fingerprint density at radius 1 is 1.30 bits per heavy atom. The fourth-order valence-electron chi connectivity index (χ4n) is 1.57. The molecule has 2 rings (SSSR count). The normalized spacial score (nSPS) is 10.1. The number of alkyl halides is 1. The molecule has 7 heteroatoms. The number of halogens is 1. The van der Waals surface area contributed by atoms with Crippen molar-refractivity contribution in [2.75, 3.05) is 7.11 Å². The molecule has 2 aromatic rings. The largest absolute Gasteiger partial charge is 0.493 e. The van der Waals surface area contributed by atoms with Crippen molar-refractivity contribution >= 4 is 17.3 Å². The van der Waals surface area contributed by atoms with E-state index in [1.54, 1.807) is 12.3 Å². The van der Waals surface area contributed by atoms with E-state index in [0.717, 1.165) is 5.56 Å². The van der Waals surface area contributed by atoms with Crippen LogP contribution in [0.3, 0.4) is 0 Å². The van der Waals surface area contributed by atoms with Gasteiger partial charge in [-0.3, -0.25) is 15.1 Å². The molecule has 0 amide bonds. The smallest absolute Gasteiger partial charge is 0.273 e. The molecule has 0 saturated heterocycles. The summed E-state index contributed by atoms with van der Waals surface area (Å²) in [5, 5.41) is 10.7. The van der Waals surface area contributed by atoms with Gasteiger partial charge >= 0.3 is 0 Å². The Morgan fingerprint density at radius 3 is 2.75 bits per heavy atom. The molecule has 1 heterocycles. The summed E-state index contributed by atoms with van der Waals surface area (Å²) in [6.45, 7) is 0. The lowest BCUT2D eigenvalue weighted by atomic mass is 10.2. The zero-order chi connectivity index (χ0) is 14.5. The summed E-state index contributed by atoms with van der Waals surface area (Å²) in [5.74, 6) is 1.44. The molecule has 0 aliphatic carbocycles. The fraction of sp³-hybridized carbons (Fsp3) is 0.154. The van der Waals surface area contributed by atoms with Gasteiger partial charge in [0.15, 0.2) is 11.5 Å². The van der Waals surface area contributed by atoms with E-state index in [-0.39, 0.29) is 11.4 Å². The predicted octanol–water partition coefficient (Wildman–Crippen LogP) is 3.53. The molecule has 0 fully saturated rings. The van der Waals surface area contributed by atoms with Gasteiger partial charge in [0.05, 0.1) is 24.3 Å². The lowest BCUT2D eigenvalue weighted by Crippen LogP contribution is -1.94. The molecule has 0 N–H and O–H groups in total. The Kier molecular flexibility index (Phi) is 4.37. The molecule has 0 bridgehead atoms. The van der Waals surface area contributed by atoms with E-state index in [4.69, 9.17) is 21.1 Å². The Labute approximate surface area is 120 Å². The van der Waals surface area contributed by atoms with Crippen LogP contribution < -0.4 is 9.47 Å². The lowest BCUT2D eigenvalue weighted by molar-refractivity contribution is -0.384. The standard InChI is InChI=1S/C13H11ClN2O4/c1-19-13-5-10(16(17)18)2-3-12(13)20-11-4-9(6-14)7-15-8-11/h2-5,7-8H,6H2,1H3. The van der Waals surface area contributed by atoms with Gasteiger partial charge in [-0.05, 0) is 17.7 Å².